The molecule has 0 fully saturated rings. The third kappa shape index (κ3) is 18.9. The third-order valence-corrected chi connectivity index (χ3v) is 3.87. The second kappa shape index (κ2) is 20.6. The van der Waals surface area contributed by atoms with Crippen molar-refractivity contribution in [2.75, 3.05) is 13.2 Å². The topological polar surface area (TPSA) is 78.8 Å². The maximum absolute atomic E-state index is 11.3. The fraction of sp³-hybridized carbons (Fsp3) is 0.591. The molecular formula is C22H37NO4. The van der Waals surface area contributed by atoms with Crippen molar-refractivity contribution >= 4 is 5.91 Å². The minimum absolute atomic E-state index is 0.0174. The lowest BCUT2D eigenvalue weighted by Crippen LogP contribution is -2.25. The molecule has 0 aromatic carbocycles. The quantitative estimate of drug-likeness (QED) is 0.112. The van der Waals surface area contributed by atoms with Crippen molar-refractivity contribution in [3.63, 3.8) is 0 Å². The van der Waals surface area contributed by atoms with E-state index < -0.39 is 0 Å². The van der Waals surface area contributed by atoms with Gasteiger partial charge in [0, 0.05) is 13.0 Å². The number of aliphatic hydroxyl groups is 1. The molecule has 1 unspecified atom stereocenters. The van der Waals surface area contributed by atoms with Gasteiger partial charge in [-0.25, -0.2) is 4.89 Å². The summed E-state index contributed by atoms with van der Waals surface area (Å²) in [6, 6.07) is 0. The first-order chi connectivity index (χ1) is 13.2. The Morgan fingerprint density at radius 2 is 1.81 bits per heavy atom. The number of nitrogens with one attached hydrogen (secondary N) is 1. The summed E-state index contributed by atoms with van der Waals surface area (Å²) in [5.41, 5.74) is 0. The van der Waals surface area contributed by atoms with E-state index >= 15 is 0 Å². The zero-order valence-corrected chi connectivity index (χ0v) is 16.7. The van der Waals surface area contributed by atoms with Crippen LogP contribution in [0.3, 0.4) is 0 Å². The number of rotatable bonds is 17. The summed E-state index contributed by atoms with van der Waals surface area (Å²) < 4.78 is 0. The van der Waals surface area contributed by atoms with E-state index in [4.69, 9.17) is 10.4 Å². The highest BCUT2D eigenvalue weighted by Gasteiger charge is 2.00. The van der Waals surface area contributed by atoms with Crippen LogP contribution in [0.2, 0.25) is 0 Å². The van der Waals surface area contributed by atoms with Crippen molar-refractivity contribution in [3.05, 3.63) is 48.6 Å². The Kier molecular flexibility index (Phi) is 19.3. The van der Waals surface area contributed by atoms with Gasteiger partial charge in [-0.15, -0.1) is 0 Å². The summed E-state index contributed by atoms with van der Waals surface area (Å²) in [7, 11) is 0. The summed E-state index contributed by atoms with van der Waals surface area (Å²) >= 11 is 0. The van der Waals surface area contributed by atoms with E-state index in [0.717, 1.165) is 25.7 Å². The number of unbranched alkanes of at least 4 members (excludes halogenated alkanes) is 4. The van der Waals surface area contributed by atoms with Crippen LogP contribution in [0.1, 0.15) is 64.7 Å². The van der Waals surface area contributed by atoms with Crippen LogP contribution in [0.15, 0.2) is 48.6 Å². The van der Waals surface area contributed by atoms with Crippen LogP contribution in [0.4, 0.5) is 0 Å². The molecule has 5 nitrogen and oxygen atoms in total. The van der Waals surface area contributed by atoms with Gasteiger partial charge >= 0.3 is 0 Å². The Hall–Kier alpha value is -1.69. The molecule has 0 aromatic rings. The second-order valence-electron chi connectivity index (χ2n) is 6.33. The van der Waals surface area contributed by atoms with Crippen LogP contribution in [0.25, 0.3) is 0 Å². The summed E-state index contributed by atoms with van der Waals surface area (Å²) in [5, 5.41) is 20.2. The van der Waals surface area contributed by atoms with E-state index in [1.54, 1.807) is 0 Å². The van der Waals surface area contributed by atoms with E-state index in [-0.39, 0.29) is 18.6 Å². The number of allylic oxidation sites excluding steroid dienone is 6. The zero-order valence-electron chi connectivity index (χ0n) is 16.7. The molecule has 0 saturated heterocycles. The van der Waals surface area contributed by atoms with Crippen molar-refractivity contribution in [2.24, 2.45) is 0 Å². The van der Waals surface area contributed by atoms with E-state index in [1.165, 1.54) is 19.3 Å². The van der Waals surface area contributed by atoms with Gasteiger partial charge in [0.05, 0.1) is 6.61 Å². The molecule has 5 heteroatoms. The lowest BCUT2D eigenvalue weighted by Gasteiger charge is -2.04. The molecule has 0 bridgehead atoms. The Morgan fingerprint density at radius 1 is 1.04 bits per heavy atom. The van der Waals surface area contributed by atoms with E-state index in [1.807, 2.05) is 30.4 Å². The summed E-state index contributed by atoms with van der Waals surface area (Å²) in [6.45, 7) is 2.49. The van der Waals surface area contributed by atoms with Crippen molar-refractivity contribution < 1.29 is 20.0 Å². The average Bonchev–Trinajstić information content (AvgIpc) is 2.68. The summed E-state index contributed by atoms with van der Waals surface area (Å²) in [4.78, 5) is 15.8. The van der Waals surface area contributed by atoms with Gasteiger partial charge in [-0.1, -0.05) is 68.4 Å². The molecule has 0 saturated carbocycles. The normalized spacial score (nSPS) is 13.4. The molecule has 0 spiro atoms. The Balaban J connectivity index is 3.77. The number of hydrogen-bond donors (Lipinski definition) is 3. The molecule has 1 amide bonds. The molecule has 0 heterocycles. The SMILES string of the molecule is CCCCC/C=C\C=C\C(C/C=C\C/C=C\CCCC(=O)NCCO)OO. The van der Waals surface area contributed by atoms with Crippen LogP contribution in [-0.2, 0) is 9.68 Å². The maximum atomic E-state index is 11.3. The summed E-state index contributed by atoms with van der Waals surface area (Å²) in [5.74, 6) is -0.0174. The molecule has 0 rings (SSSR count). The number of amides is 1. The molecule has 3 N–H and O–H groups in total. The largest absolute Gasteiger partial charge is 0.395 e. The van der Waals surface area contributed by atoms with Gasteiger partial charge in [-0.3, -0.25) is 10.1 Å². The molecule has 0 aliphatic rings. The minimum Gasteiger partial charge on any atom is -0.395 e. The van der Waals surface area contributed by atoms with Crippen LogP contribution in [0, 0.1) is 0 Å². The van der Waals surface area contributed by atoms with E-state index in [0.29, 0.717) is 19.4 Å². The van der Waals surface area contributed by atoms with Gasteiger partial charge in [-0.2, -0.15) is 0 Å². The van der Waals surface area contributed by atoms with Crippen LogP contribution in [-0.4, -0.2) is 35.5 Å². The maximum Gasteiger partial charge on any atom is 0.220 e. The van der Waals surface area contributed by atoms with Gasteiger partial charge < -0.3 is 10.4 Å². The van der Waals surface area contributed by atoms with Crippen LogP contribution < -0.4 is 5.32 Å². The molecule has 27 heavy (non-hydrogen) atoms. The fourth-order valence-electron chi connectivity index (χ4n) is 2.32. The Bertz CT molecular complexity index is 455. The first-order valence-corrected chi connectivity index (χ1v) is 10.1. The average molecular weight is 380 g/mol. The van der Waals surface area contributed by atoms with Crippen molar-refractivity contribution in [2.45, 2.75) is 70.8 Å². The molecular weight excluding hydrogens is 342 g/mol. The second-order valence-corrected chi connectivity index (χ2v) is 6.33. The number of carbonyl (C=O) groups is 1. The number of hydrogen-bond acceptors (Lipinski definition) is 4. The monoisotopic (exact) mass is 379 g/mol. The first kappa shape index (κ1) is 25.3. The highest BCUT2D eigenvalue weighted by Crippen LogP contribution is 2.04. The van der Waals surface area contributed by atoms with Crippen molar-refractivity contribution in [3.8, 4) is 0 Å². The number of carbonyl (C=O) groups excluding carboxylic acids is 1. The minimum atomic E-state index is -0.331. The van der Waals surface area contributed by atoms with E-state index in [9.17, 15) is 4.79 Å². The van der Waals surface area contributed by atoms with Crippen molar-refractivity contribution in [1.82, 2.24) is 5.32 Å². The molecule has 0 radical (unpaired) electrons. The van der Waals surface area contributed by atoms with Gasteiger partial charge in [0.15, 0.2) is 0 Å². The predicted molar refractivity (Wildman–Crippen MR) is 111 cm³/mol. The Morgan fingerprint density at radius 3 is 2.56 bits per heavy atom. The molecule has 0 aliphatic heterocycles. The van der Waals surface area contributed by atoms with Gasteiger partial charge in [-0.05, 0) is 38.5 Å². The highest BCUT2D eigenvalue weighted by molar-refractivity contribution is 5.75. The summed E-state index contributed by atoms with van der Waals surface area (Å²) in [6.07, 6.45) is 24.1. The first-order valence-electron chi connectivity index (χ1n) is 10.1. The highest BCUT2D eigenvalue weighted by atomic mass is 17.1. The third-order valence-electron chi connectivity index (χ3n) is 3.87. The van der Waals surface area contributed by atoms with Crippen LogP contribution in [0.5, 0.6) is 0 Å². The zero-order chi connectivity index (χ0) is 20.0. The Labute approximate surface area is 164 Å². The molecule has 0 aromatic heterocycles. The fourth-order valence-corrected chi connectivity index (χ4v) is 2.32. The van der Waals surface area contributed by atoms with Crippen LogP contribution >= 0.6 is 0 Å². The lowest BCUT2D eigenvalue weighted by molar-refractivity contribution is -0.264. The smallest absolute Gasteiger partial charge is 0.220 e. The standard InChI is InChI=1S/C22H37NO4/c1-2-3-4-5-7-10-13-16-21(27-26)17-14-11-8-6-9-12-15-18-22(25)23-19-20-24/h6-7,9-11,13-14,16,21,24,26H,2-5,8,12,15,17-20H2,1H3,(H,23,25)/b9-6-,10-7-,14-11-,16-13+. The molecule has 0 aliphatic carbocycles. The van der Waals surface area contributed by atoms with Gasteiger partial charge in [0.1, 0.15) is 6.10 Å². The predicted octanol–water partition coefficient (Wildman–Crippen LogP) is 4.71. The molecule has 154 valence electrons. The van der Waals surface area contributed by atoms with E-state index in [2.05, 4.69) is 35.4 Å². The molecule has 1 atom stereocenters. The van der Waals surface area contributed by atoms with Gasteiger partial charge in [0.25, 0.3) is 0 Å². The lowest BCUT2D eigenvalue weighted by atomic mass is 10.2. The van der Waals surface area contributed by atoms with Crippen molar-refractivity contribution in [1.29, 1.82) is 0 Å². The van der Waals surface area contributed by atoms with Gasteiger partial charge in [0.2, 0.25) is 5.91 Å². The number of aliphatic hydroxyl groups excluding tert-OH is 1.